The Labute approximate surface area is 226 Å². The Morgan fingerprint density at radius 2 is 1.92 bits per heavy atom. The number of halogens is 1. The maximum absolute atomic E-state index is 14.4. The van der Waals surface area contributed by atoms with E-state index in [4.69, 9.17) is 5.73 Å². The van der Waals surface area contributed by atoms with Crippen LogP contribution in [0.4, 0.5) is 4.39 Å². The second kappa shape index (κ2) is 11.1. The molecule has 1 aliphatic heterocycles. The molecule has 2 aromatic heterocycles. The van der Waals surface area contributed by atoms with Gasteiger partial charge in [-0.2, -0.15) is 0 Å². The van der Waals surface area contributed by atoms with E-state index in [0.29, 0.717) is 23.2 Å². The minimum atomic E-state index is -0.411. The van der Waals surface area contributed by atoms with E-state index in [2.05, 4.69) is 23.0 Å². The quantitative estimate of drug-likeness (QED) is 0.458. The van der Waals surface area contributed by atoms with Crippen LogP contribution in [0.25, 0.3) is 16.6 Å². The van der Waals surface area contributed by atoms with Gasteiger partial charge in [-0.25, -0.2) is 4.39 Å². The average molecular weight is 520 g/mol. The highest BCUT2D eigenvalue weighted by molar-refractivity contribution is 5.99. The molecule has 3 heterocycles. The third kappa shape index (κ3) is 5.50. The number of hydrogen-bond acceptors (Lipinski definition) is 4. The topological polar surface area (TPSA) is 67.4 Å². The Balaban J connectivity index is 1.42. The number of pyridine rings is 1. The summed E-state index contributed by atoms with van der Waals surface area (Å²) in [7, 11) is 1.76. The smallest absolute Gasteiger partial charge is 0.256 e. The number of amides is 1. The zero-order chi connectivity index (χ0) is 27.0. The molecule has 5 rings (SSSR count). The molecule has 0 radical (unpaired) electrons. The average Bonchev–Trinajstić information content (AvgIpc) is 3.49. The van der Waals surface area contributed by atoms with Gasteiger partial charge in [0.1, 0.15) is 5.82 Å². The fourth-order valence-corrected chi connectivity index (χ4v) is 6.40. The summed E-state index contributed by atoms with van der Waals surface area (Å²) >= 11 is 0. The van der Waals surface area contributed by atoms with Crippen LogP contribution in [0.1, 0.15) is 67.4 Å². The van der Waals surface area contributed by atoms with Crippen LogP contribution in [0.3, 0.4) is 0 Å². The predicted octanol–water partition coefficient (Wildman–Crippen LogP) is 5.34. The van der Waals surface area contributed by atoms with Crippen molar-refractivity contribution in [2.24, 2.45) is 17.6 Å². The van der Waals surface area contributed by atoms with Crippen LogP contribution in [-0.2, 0) is 6.42 Å². The number of aryl methyl sites for hydroxylation is 1. The van der Waals surface area contributed by atoms with E-state index in [1.807, 2.05) is 30.8 Å². The summed E-state index contributed by atoms with van der Waals surface area (Å²) in [6, 6.07) is 4.92. The molecule has 2 fully saturated rings. The van der Waals surface area contributed by atoms with Gasteiger partial charge in [0.15, 0.2) is 0 Å². The predicted molar refractivity (Wildman–Crippen MR) is 151 cm³/mol. The van der Waals surface area contributed by atoms with Gasteiger partial charge in [-0.05, 0) is 107 Å². The fourth-order valence-electron chi connectivity index (χ4n) is 6.40. The minimum Gasteiger partial charge on any atom is -0.339 e. The summed E-state index contributed by atoms with van der Waals surface area (Å²) < 4.78 is 16.4. The molecule has 38 heavy (non-hydrogen) atoms. The molecule has 6 nitrogen and oxygen atoms in total. The van der Waals surface area contributed by atoms with Crippen molar-refractivity contribution in [1.29, 1.82) is 0 Å². The number of aromatic nitrogens is 2. The molecule has 1 saturated heterocycles. The lowest BCUT2D eigenvalue weighted by Crippen LogP contribution is -2.33. The van der Waals surface area contributed by atoms with E-state index in [1.165, 1.54) is 48.9 Å². The largest absolute Gasteiger partial charge is 0.339 e. The molecule has 3 aromatic rings. The molecular weight excluding hydrogens is 477 g/mol. The van der Waals surface area contributed by atoms with E-state index in [9.17, 15) is 9.18 Å². The number of benzene rings is 1. The van der Waals surface area contributed by atoms with Gasteiger partial charge < -0.3 is 20.1 Å². The molecule has 0 unspecified atom stereocenters. The Bertz CT molecular complexity index is 1290. The number of rotatable bonds is 7. The summed E-state index contributed by atoms with van der Waals surface area (Å²) in [4.78, 5) is 22.1. The lowest BCUT2D eigenvalue weighted by molar-refractivity contribution is 0.0754. The highest BCUT2D eigenvalue weighted by atomic mass is 19.1. The van der Waals surface area contributed by atoms with Crippen molar-refractivity contribution in [1.82, 2.24) is 19.4 Å². The third-order valence-electron chi connectivity index (χ3n) is 8.81. The maximum atomic E-state index is 14.4. The van der Waals surface area contributed by atoms with Crippen molar-refractivity contribution in [2.45, 2.75) is 71.4 Å². The molecule has 2 N–H and O–H groups in total. The van der Waals surface area contributed by atoms with Crippen molar-refractivity contribution >= 4 is 16.8 Å². The highest BCUT2D eigenvalue weighted by Gasteiger charge is 2.28. The summed E-state index contributed by atoms with van der Waals surface area (Å²) in [5, 5.41) is 1.19. The van der Waals surface area contributed by atoms with Gasteiger partial charge >= 0.3 is 0 Å². The van der Waals surface area contributed by atoms with Crippen LogP contribution in [0.5, 0.6) is 0 Å². The van der Waals surface area contributed by atoms with Crippen molar-refractivity contribution < 1.29 is 9.18 Å². The first-order valence-electron chi connectivity index (χ1n) is 14.2. The second-order valence-corrected chi connectivity index (χ2v) is 11.9. The van der Waals surface area contributed by atoms with Crippen LogP contribution in [0.15, 0.2) is 36.8 Å². The lowest BCUT2D eigenvalue weighted by atomic mass is 9.86. The number of carbonyl (C=O) groups excluding carboxylic acids is 1. The molecule has 204 valence electrons. The molecule has 0 bridgehead atoms. The van der Waals surface area contributed by atoms with Crippen LogP contribution < -0.4 is 5.73 Å². The van der Waals surface area contributed by atoms with E-state index < -0.39 is 5.82 Å². The van der Waals surface area contributed by atoms with Crippen LogP contribution in [0.2, 0.25) is 0 Å². The van der Waals surface area contributed by atoms with Crippen LogP contribution >= 0.6 is 0 Å². The first-order chi connectivity index (χ1) is 18.2. The number of likely N-dealkylation sites (tertiary alicyclic amines) is 1. The van der Waals surface area contributed by atoms with E-state index in [-0.39, 0.29) is 11.9 Å². The Hall–Kier alpha value is -2.77. The van der Waals surface area contributed by atoms with E-state index in [1.54, 1.807) is 18.0 Å². The van der Waals surface area contributed by atoms with Gasteiger partial charge in [0.25, 0.3) is 5.91 Å². The SMILES string of the molecule is Cc1cncc2c1c(C[C@@H]1CCN(C[C@H]3CC[C@H](N)CC3)C1)cn2-c1ccc(F)cc1C(=O)N(C)C(C)C. The highest BCUT2D eigenvalue weighted by Crippen LogP contribution is 2.33. The number of fused-ring (bicyclic) bond motifs is 1. The second-order valence-electron chi connectivity index (χ2n) is 11.9. The van der Waals surface area contributed by atoms with Crippen molar-refractivity contribution in [2.75, 3.05) is 26.7 Å². The van der Waals surface area contributed by atoms with Gasteiger partial charge in [0.2, 0.25) is 0 Å². The molecular formula is C31H42FN5O. The maximum Gasteiger partial charge on any atom is 0.256 e. The number of carbonyl (C=O) groups is 1. The molecule has 1 aliphatic carbocycles. The Morgan fingerprint density at radius 3 is 2.66 bits per heavy atom. The molecule has 1 aromatic carbocycles. The van der Waals surface area contributed by atoms with Crippen molar-refractivity contribution in [3.8, 4) is 5.69 Å². The molecule has 2 aliphatic rings. The van der Waals surface area contributed by atoms with E-state index >= 15 is 0 Å². The summed E-state index contributed by atoms with van der Waals surface area (Å²) in [5.41, 5.74) is 10.5. The molecule has 1 atom stereocenters. The monoisotopic (exact) mass is 519 g/mol. The van der Waals surface area contributed by atoms with Gasteiger partial charge in [-0.15, -0.1) is 0 Å². The van der Waals surface area contributed by atoms with Crippen molar-refractivity contribution in [3.05, 3.63) is 59.3 Å². The molecule has 7 heteroatoms. The zero-order valence-electron chi connectivity index (χ0n) is 23.3. The fraction of sp³-hybridized carbons (Fsp3) is 0.548. The Morgan fingerprint density at radius 1 is 1.16 bits per heavy atom. The first kappa shape index (κ1) is 26.8. The summed E-state index contributed by atoms with van der Waals surface area (Å²) in [6.07, 6.45) is 13.0. The molecule has 1 amide bonds. The standard InChI is InChI=1S/C31H42FN5O/c1-20(2)35(4)31(38)27-14-25(32)7-10-28(27)37-19-24(30-21(3)15-34-16-29(30)37)13-23-11-12-36(18-23)17-22-5-8-26(33)9-6-22/h7,10,14-16,19-20,22-23,26H,5-6,8-9,11-13,17-18,33H2,1-4H3/t22-,23-,26-/m0/s1. The zero-order valence-corrected chi connectivity index (χ0v) is 23.3. The van der Waals surface area contributed by atoms with Gasteiger partial charge in [0.05, 0.1) is 23.0 Å². The normalized spacial score (nSPS) is 22.4. The van der Waals surface area contributed by atoms with Crippen LogP contribution in [-0.4, -0.2) is 64.0 Å². The minimum absolute atomic E-state index is 0.00940. The number of nitrogens with two attached hydrogens (primary N) is 1. The Kier molecular flexibility index (Phi) is 7.87. The molecule has 1 saturated carbocycles. The van der Waals surface area contributed by atoms with Crippen LogP contribution in [0, 0.1) is 24.6 Å². The molecule has 0 spiro atoms. The van der Waals surface area contributed by atoms with E-state index in [0.717, 1.165) is 49.4 Å². The summed E-state index contributed by atoms with van der Waals surface area (Å²) in [6.45, 7) is 9.49. The third-order valence-corrected chi connectivity index (χ3v) is 8.81. The van der Waals surface area contributed by atoms with Gasteiger partial charge in [-0.1, -0.05) is 0 Å². The van der Waals surface area contributed by atoms with Gasteiger partial charge in [0, 0.05) is 50.0 Å². The summed E-state index contributed by atoms with van der Waals surface area (Å²) in [5.74, 6) is 0.774. The number of hydrogen-bond donors (Lipinski definition) is 1. The first-order valence-corrected chi connectivity index (χ1v) is 14.2. The number of nitrogens with zero attached hydrogens (tertiary/aromatic N) is 4. The lowest BCUT2D eigenvalue weighted by Gasteiger charge is -2.29. The van der Waals surface area contributed by atoms with Gasteiger partial charge in [-0.3, -0.25) is 9.78 Å². The van der Waals surface area contributed by atoms with Crippen molar-refractivity contribution in [3.63, 3.8) is 0 Å².